The molecule has 23 heavy (non-hydrogen) atoms. The van der Waals surface area contributed by atoms with E-state index in [-0.39, 0.29) is 11.8 Å². The van der Waals surface area contributed by atoms with E-state index in [1.807, 2.05) is 7.05 Å². The van der Waals surface area contributed by atoms with Crippen molar-refractivity contribution in [2.24, 2.45) is 18.9 Å². The molecule has 2 aromatic rings. The lowest BCUT2D eigenvalue weighted by Crippen LogP contribution is -2.43. The molecule has 0 aromatic carbocycles. The highest BCUT2D eigenvalue weighted by Gasteiger charge is 2.29. The molecule has 1 amide bonds. The second kappa shape index (κ2) is 5.79. The van der Waals surface area contributed by atoms with Crippen LogP contribution in [0.25, 0.3) is 11.0 Å². The number of aromatic nitrogens is 4. The molecule has 1 unspecified atom stereocenters. The number of nitrogens with zero attached hydrogens (tertiary/aromatic N) is 5. The van der Waals surface area contributed by atoms with Gasteiger partial charge in [0.15, 0.2) is 5.65 Å². The number of rotatable bonds is 4. The Bertz CT molecular complexity index is 722. The highest BCUT2D eigenvalue weighted by molar-refractivity contribution is 5.87. The number of carbonyl (C=O) groups is 1. The van der Waals surface area contributed by atoms with E-state index >= 15 is 0 Å². The van der Waals surface area contributed by atoms with Gasteiger partial charge in [-0.3, -0.25) is 9.48 Å². The molecule has 4 rings (SSSR count). The van der Waals surface area contributed by atoms with Crippen molar-refractivity contribution in [3.63, 3.8) is 0 Å². The highest BCUT2D eigenvalue weighted by Crippen LogP contribution is 2.29. The van der Waals surface area contributed by atoms with Gasteiger partial charge >= 0.3 is 0 Å². The standard InChI is InChI=1S/C16H22N6O/c1-21-14-13(8-20-21)15(19-10-18-14)22-6-2-3-12(9-22)16(23)17-7-11-4-5-11/h8,10-12H,2-7,9H2,1H3,(H,17,23). The smallest absolute Gasteiger partial charge is 0.224 e. The van der Waals surface area contributed by atoms with Crippen LogP contribution in [-0.2, 0) is 11.8 Å². The number of amides is 1. The fourth-order valence-electron chi connectivity index (χ4n) is 3.30. The van der Waals surface area contributed by atoms with E-state index in [4.69, 9.17) is 0 Å². The molecular formula is C16H22N6O. The maximum absolute atomic E-state index is 12.4. The van der Waals surface area contributed by atoms with Gasteiger partial charge < -0.3 is 10.2 Å². The summed E-state index contributed by atoms with van der Waals surface area (Å²) in [6.45, 7) is 2.49. The van der Waals surface area contributed by atoms with Crippen LogP contribution >= 0.6 is 0 Å². The third-order valence-corrected chi connectivity index (χ3v) is 4.86. The molecule has 122 valence electrons. The van der Waals surface area contributed by atoms with Crippen LogP contribution in [0.2, 0.25) is 0 Å². The summed E-state index contributed by atoms with van der Waals surface area (Å²) in [4.78, 5) is 23.3. The molecule has 3 heterocycles. The minimum absolute atomic E-state index is 0.0455. The summed E-state index contributed by atoms with van der Waals surface area (Å²) in [5.41, 5.74) is 0.829. The van der Waals surface area contributed by atoms with Gasteiger partial charge in [0.05, 0.1) is 17.5 Å². The molecule has 1 N–H and O–H groups in total. The lowest BCUT2D eigenvalue weighted by atomic mass is 9.97. The largest absolute Gasteiger partial charge is 0.356 e. The van der Waals surface area contributed by atoms with Gasteiger partial charge in [0, 0.05) is 26.7 Å². The lowest BCUT2D eigenvalue weighted by Gasteiger charge is -2.33. The summed E-state index contributed by atoms with van der Waals surface area (Å²) >= 11 is 0. The summed E-state index contributed by atoms with van der Waals surface area (Å²) in [7, 11) is 1.88. The number of aryl methyl sites for hydroxylation is 1. The molecule has 0 bridgehead atoms. The fraction of sp³-hybridized carbons (Fsp3) is 0.625. The maximum Gasteiger partial charge on any atom is 0.224 e. The second-order valence-corrected chi connectivity index (χ2v) is 6.68. The SMILES string of the molecule is Cn1ncc2c(N3CCCC(C(=O)NCC4CC4)C3)ncnc21. The molecule has 2 aromatic heterocycles. The number of nitrogens with one attached hydrogen (secondary N) is 1. The van der Waals surface area contributed by atoms with Gasteiger partial charge in [0.25, 0.3) is 0 Å². The summed E-state index contributed by atoms with van der Waals surface area (Å²) in [5, 5.41) is 8.33. The lowest BCUT2D eigenvalue weighted by molar-refractivity contribution is -0.125. The molecule has 1 atom stereocenters. The Morgan fingerprint density at radius 1 is 1.35 bits per heavy atom. The van der Waals surface area contributed by atoms with Gasteiger partial charge in [-0.2, -0.15) is 5.10 Å². The average molecular weight is 314 g/mol. The zero-order valence-electron chi connectivity index (χ0n) is 13.4. The molecule has 1 saturated carbocycles. The number of hydrogen-bond donors (Lipinski definition) is 1. The Kier molecular flexibility index (Phi) is 3.63. The van der Waals surface area contributed by atoms with Crippen molar-refractivity contribution in [1.29, 1.82) is 0 Å². The van der Waals surface area contributed by atoms with E-state index in [0.717, 1.165) is 55.2 Å². The van der Waals surface area contributed by atoms with Crippen LogP contribution in [0.4, 0.5) is 5.82 Å². The Morgan fingerprint density at radius 2 is 2.22 bits per heavy atom. The number of piperidine rings is 1. The van der Waals surface area contributed by atoms with Crippen molar-refractivity contribution in [2.75, 3.05) is 24.5 Å². The average Bonchev–Trinajstić information content (AvgIpc) is 3.35. The molecule has 7 heteroatoms. The number of hydrogen-bond acceptors (Lipinski definition) is 5. The van der Waals surface area contributed by atoms with Gasteiger partial charge in [0.2, 0.25) is 5.91 Å². The van der Waals surface area contributed by atoms with Crippen molar-refractivity contribution < 1.29 is 4.79 Å². The van der Waals surface area contributed by atoms with Crippen LogP contribution in [-0.4, -0.2) is 45.3 Å². The van der Waals surface area contributed by atoms with Crippen molar-refractivity contribution in [2.45, 2.75) is 25.7 Å². The Balaban J connectivity index is 1.50. The quantitative estimate of drug-likeness (QED) is 0.915. The summed E-state index contributed by atoms with van der Waals surface area (Å²) in [6, 6.07) is 0. The Labute approximate surface area is 135 Å². The van der Waals surface area contributed by atoms with Gasteiger partial charge in [-0.25, -0.2) is 9.97 Å². The van der Waals surface area contributed by atoms with Gasteiger partial charge in [0.1, 0.15) is 12.1 Å². The minimum atomic E-state index is 0.0455. The topological polar surface area (TPSA) is 75.9 Å². The van der Waals surface area contributed by atoms with E-state index in [9.17, 15) is 4.79 Å². The summed E-state index contributed by atoms with van der Waals surface area (Å²) in [5.74, 6) is 1.85. The summed E-state index contributed by atoms with van der Waals surface area (Å²) in [6.07, 6.45) is 7.87. The van der Waals surface area contributed by atoms with Crippen molar-refractivity contribution in [3.05, 3.63) is 12.5 Å². The Hall–Kier alpha value is -2.18. The Morgan fingerprint density at radius 3 is 3.04 bits per heavy atom. The highest BCUT2D eigenvalue weighted by atomic mass is 16.1. The predicted octanol–water partition coefficient (Wildman–Crippen LogP) is 1.11. The second-order valence-electron chi connectivity index (χ2n) is 6.68. The molecule has 2 aliphatic rings. The molecule has 2 fully saturated rings. The van der Waals surface area contributed by atoms with Crippen LogP contribution in [0.5, 0.6) is 0 Å². The molecule has 1 saturated heterocycles. The zero-order chi connectivity index (χ0) is 15.8. The van der Waals surface area contributed by atoms with E-state index in [0.29, 0.717) is 0 Å². The van der Waals surface area contributed by atoms with Crippen LogP contribution in [0.1, 0.15) is 25.7 Å². The van der Waals surface area contributed by atoms with Crippen LogP contribution in [0.3, 0.4) is 0 Å². The number of carbonyl (C=O) groups excluding carboxylic acids is 1. The zero-order valence-corrected chi connectivity index (χ0v) is 13.4. The molecule has 7 nitrogen and oxygen atoms in total. The minimum Gasteiger partial charge on any atom is -0.356 e. The fourth-order valence-corrected chi connectivity index (χ4v) is 3.30. The molecule has 1 aliphatic heterocycles. The normalized spacial score (nSPS) is 21.6. The van der Waals surface area contributed by atoms with E-state index in [1.165, 1.54) is 12.8 Å². The molecular weight excluding hydrogens is 292 g/mol. The molecule has 1 aliphatic carbocycles. The third-order valence-electron chi connectivity index (χ3n) is 4.86. The maximum atomic E-state index is 12.4. The van der Waals surface area contributed by atoms with Crippen LogP contribution < -0.4 is 10.2 Å². The first kappa shape index (κ1) is 14.4. The molecule has 0 radical (unpaired) electrons. The van der Waals surface area contributed by atoms with E-state index in [1.54, 1.807) is 17.2 Å². The number of anilines is 1. The van der Waals surface area contributed by atoms with E-state index in [2.05, 4.69) is 25.3 Å². The third kappa shape index (κ3) is 2.87. The number of fused-ring (bicyclic) bond motifs is 1. The summed E-state index contributed by atoms with van der Waals surface area (Å²) < 4.78 is 1.75. The first-order valence-corrected chi connectivity index (χ1v) is 8.37. The monoisotopic (exact) mass is 314 g/mol. The van der Waals surface area contributed by atoms with Gasteiger partial charge in [-0.15, -0.1) is 0 Å². The van der Waals surface area contributed by atoms with Crippen molar-refractivity contribution in [3.8, 4) is 0 Å². The van der Waals surface area contributed by atoms with Crippen LogP contribution in [0, 0.1) is 11.8 Å². The van der Waals surface area contributed by atoms with Crippen LogP contribution in [0.15, 0.2) is 12.5 Å². The van der Waals surface area contributed by atoms with E-state index < -0.39 is 0 Å². The first-order valence-electron chi connectivity index (χ1n) is 8.37. The van der Waals surface area contributed by atoms with Crippen molar-refractivity contribution >= 4 is 22.8 Å². The van der Waals surface area contributed by atoms with Crippen molar-refractivity contribution in [1.82, 2.24) is 25.1 Å². The van der Waals surface area contributed by atoms with Gasteiger partial charge in [-0.05, 0) is 31.6 Å². The van der Waals surface area contributed by atoms with Gasteiger partial charge in [-0.1, -0.05) is 0 Å². The molecule has 0 spiro atoms. The first-order chi connectivity index (χ1) is 11.2. The predicted molar refractivity (Wildman–Crippen MR) is 87.0 cm³/mol.